The maximum atomic E-state index is 12.6. The Morgan fingerprint density at radius 1 is 0.957 bits per heavy atom. The lowest BCUT2D eigenvalue weighted by Crippen LogP contribution is -2.28. The molecule has 2 aromatic rings. The lowest BCUT2D eigenvalue weighted by molar-refractivity contribution is 0.0935. The van der Waals surface area contributed by atoms with Crippen LogP contribution in [0.1, 0.15) is 42.2 Å². The predicted molar refractivity (Wildman–Crippen MR) is 84.0 cm³/mol. The number of rotatable bonds is 4. The fourth-order valence-corrected chi connectivity index (χ4v) is 2.61. The van der Waals surface area contributed by atoms with Gasteiger partial charge in [0, 0.05) is 41.5 Å². The van der Waals surface area contributed by atoms with Crippen molar-refractivity contribution >= 4 is 17.5 Å². The molecule has 116 valence electrons. The van der Waals surface area contributed by atoms with E-state index in [2.05, 4.69) is 5.32 Å². The summed E-state index contributed by atoms with van der Waals surface area (Å²) in [5.74, 6) is -0.729. The van der Waals surface area contributed by atoms with E-state index >= 15 is 0 Å². The molecule has 0 heterocycles. The minimum absolute atomic E-state index is 0.193. The van der Waals surface area contributed by atoms with Gasteiger partial charge in [0.15, 0.2) is 11.6 Å². The fraction of sp³-hybridized carbons (Fsp3) is 0.167. The largest absolute Gasteiger partial charge is 0.383 e. The molecular formula is C18H15NO4. The molecule has 5 nitrogen and oxygen atoms in total. The summed E-state index contributed by atoms with van der Waals surface area (Å²) in [6.07, 6.45) is 0. The van der Waals surface area contributed by atoms with Crippen molar-refractivity contribution in [1.29, 1.82) is 0 Å². The van der Waals surface area contributed by atoms with Gasteiger partial charge in [0.05, 0.1) is 6.61 Å². The lowest BCUT2D eigenvalue weighted by Gasteiger charge is -2.17. The van der Waals surface area contributed by atoms with E-state index < -0.39 is 0 Å². The quantitative estimate of drug-likeness (QED) is 0.746. The van der Waals surface area contributed by atoms with Crippen LogP contribution in [0, 0.1) is 0 Å². The van der Waals surface area contributed by atoms with Gasteiger partial charge in [-0.15, -0.1) is 0 Å². The Balaban J connectivity index is 1.96. The van der Waals surface area contributed by atoms with Crippen molar-refractivity contribution in [3.63, 3.8) is 0 Å². The number of carbonyl (C=O) groups excluding carboxylic acids is 3. The molecule has 0 aliphatic heterocycles. The van der Waals surface area contributed by atoms with Gasteiger partial charge in [0.1, 0.15) is 0 Å². The van der Waals surface area contributed by atoms with Crippen LogP contribution < -0.4 is 5.32 Å². The Morgan fingerprint density at radius 2 is 1.57 bits per heavy atom. The highest BCUT2D eigenvalue weighted by Gasteiger charge is 2.29. The molecule has 0 saturated carbocycles. The van der Waals surface area contributed by atoms with Crippen LogP contribution in [0.2, 0.25) is 0 Å². The van der Waals surface area contributed by atoms with E-state index in [0.29, 0.717) is 35.4 Å². The molecule has 1 N–H and O–H groups in total. The summed E-state index contributed by atoms with van der Waals surface area (Å²) in [7, 11) is 1.55. The Labute approximate surface area is 133 Å². The molecule has 1 aliphatic rings. The summed E-state index contributed by atoms with van der Waals surface area (Å²) in [5.41, 5.74) is 1.74. The molecule has 1 amide bonds. The van der Waals surface area contributed by atoms with Crippen LogP contribution in [0.3, 0.4) is 0 Å². The third kappa shape index (κ3) is 2.66. The van der Waals surface area contributed by atoms with E-state index in [1.54, 1.807) is 37.4 Å². The third-order valence-electron chi connectivity index (χ3n) is 3.78. The second-order valence-electron chi connectivity index (χ2n) is 5.21. The molecule has 2 aromatic carbocycles. The number of ether oxygens (including phenoxy) is 1. The molecule has 0 bridgehead atoms. The Bertz CT molecular complexity index is 810. The molecule has 3 rings (SSSR count). The van der Waals surface area contributed by atoms with Crippen molar-refractivity contribution in [3.05, 3.63) is 70.3 Å². The Morgan fingerprint density at radius 3 is 2.22 bits per heavy atom. The summed E-state index contributed by atoms with van der Waals surface area (Å²) in [4.78, 5) is 37.1. The SMILES string of the molecule is COCCNC(=O)c1ccc2c(c1)C(=O)c1ccccc1C2=O. The standard InChI is InChI=1S/C18H15NO4/c1-23-9-8-19-18(22)11-6-7-14-15(10-11)17(21)13-5-3-2-4-12(13)16(14)20/h2-7,10H,8-9H2,1H3,(H,19,22). The average molecular weight is 309 g/mol. The summed E-state index contributed by atoms with van der Waals surface area (Å²) in [6, 6.07) is 11.3. The van der Waals surface area contributed by atoms with Crippen molar-refractivity contribution in [2.75, 3.05) is 20.3 Å². The number of carbonyl (C=O) groups is 3. The van der Waals surface area contributed by atoms with Crippen LogP contribution in [0.15, 0.2) is 42.5 Å². The molecule has 0 atom stereocenters. The van der Waals surface area contributed by atoms with Gasteiger partial charge in [-0.2, -0.15) is 0 Å². The molecule has 0 radical (unpaired) electrons. The minimum Gasteiger partial charge on any atom is -0.383 e. The molecular weight excluding hydrogens is 294 g/mol. The number of hydrogen-bond donors (Lipinski definition) is 1. The van der Waals surface area contributed by atoms with Gasteiger partial charge in [-0.25, -0.2) is 0 Å². The predicted octanol–water partition coefficient (Wildman–Crippen LogP) is 1.84. The maximum Gasteiger partial charge on any atom is 0.251 e. The monoisotopic (exact) mass is 309 g/mol. The van der Waals surface area contributed by atoms with E-state index in [1.165, 1.54) is 12.1 Å². The first-order valence-corrected chi connectivity index (χ1v) is 7.23. The lowest BCUT2D eigenvalue weighted by atomic mass is 9.83. The first-order chi connectivity index (χ1) is 11.1. The normalized spacial score (nSPS) is 12.6. The van der Waals surface area contributed by atoms with Gasteiger partial charge >= 0.3 is 0 Å². The van der Waals surface area contributed by atoms with Crippen LogP contribution in [0.4, 0.5) is 0 Å². The van der Waals surface area contributed by atoms with Gasteiger partial charge in [-0.1, -0.05) is 24.3 Å². The first kappa shape index (κ1) is 15.1. The van der Waals surface area contributed by atoms with Gasteiger partial charge in [0.25, 0.3) is 5.91 Å². The van der Waals surface area contributed by atoms with Crippen LogP contribution in [-0.4, -0.2) is 37.7 Å². The smallest absolute Gasteiger partial charge is 0.251 e. The highest BCUT2D eigenvalue weighted by molar-refractivity contribution is 6.28. The van der Waals surface area contributed by atoms with Gasteiger partial charge in [-0.05, 0) is 18.2 Å². The Hall–Kier alpha value is -2.79. The molecule has 0 aromatic heterocycles. The second-order valence-corrected chi connectivity index (χ2v) is 5.21. The summed E-state index contributed by atoms with van der Waals surface area (Å²) in [6.45, 7) is 0.781. The molecule has 0 spiro atoms. The number of hydrogen-bond acceptors (Lipinski definition) is 4. The fourth-order valence-electron chi connectivity index (χ4n) is 2.61. The molecule has 0 unspecified atom stereocenters. The minimum atomic E-state index is -0.302. The van der Waals surface area contributed by atoms with E-state index in [4.69, 9.17) is 4.74 Å². The van der Waals surface area contributed by atoms with Crippen molar-refractivity contribution in [2.45, 2.75) is 0 Å². The van der Waals surface area contributed by atoms with Crippen LogP contribution in [-0.2, 0) is 4.74 Å². The number of fused-ring (bicyclic) bond motifs is 2. The van der Waals surface area contributed by atoms with E-state index in [-0.39, 0.29) is 23.0 Å². The second kappa shape index (κ2) is 6.14. The van der Waals surface area contributed by atoms with Crippen LogP contribution >= 0.6 is 0 Å². The number of benzene rings is 2. The van der Waals surface area contributed by atoms with Gasteiger partial charge in [0.2, 0.25) is 0 Å². The van der Waals surface area contributed by atoms with E-state index in [9.17, 15) is 14.4 Å². The zero-order valence-electron chi connectivity index (χ0n) is 12.6. The third-order valence-corrected chi connectivity index (χ3v) is 3.78. The number of amides is 1. The van der Waals surface area contributed by atoms with E-state index in [1.807, 2.05) is 0 Å². The number of methoxy groups -OCH3 is 1. The molecule has 0 saturated heterocycles. The van der Waals surface area contributed by atoms with E-state index in [0.717, 1.165) is 0 Å². The van der Waals surface area contributed by atoms with Gasteiger partial charge in [-0.3, -0.25) is 14.4 Å². The molecule has 0 fully saturated rings. The molecule has 23 heavy (non-hydrogen) atoms. The average Bonchev–Trinajstić information content (AvgIpc) is 2.59. The maximum absolute atomic E-state index is 12.6. The van der Waals surface area contributed by atoms with Crippen molar-refractivity contribution in [3.8, 4) is 0 Å². The summed E-state index contributed by atoms with van der Waals surface area (Å²) in [5, 5.41) is 2.69. The zero-order valence-corrected chi connectivity index (χ0v) is 12.6. The molecule has 5 heteroatoms. The Kier molecular flexibility index (Phi) is 4.04. The summed E-state index contributed by atoms with van der Waals surface area (Å²) >= 11 is 0. The van der Waals surface area contributed by atoms with Crippen LogP contribution in [0.25, 0.3) is 0 Å². The zero-order chi connectivity index (χ0) is 16.4. The first-order valence-electron chi connectivity index (χ1n) is 7.23. The van der Waals surface area contributed by atoms with Crippen molar-refractivity contribution < 1.29 is 19.1 Å². The number of nitrogens with one attached hydrogen (secondary N) is 1. The topological polar surface area (TPSA) is 72.5 Å². The summed E-state index contributed by atoms with van der Waals surface area (Å²) < 4.78 is 4.88. The highest BCUT2D eigenvalue weighted by atomic mass is 16.5. The van der Waals surface area contributed by atoms with Gasteiger partial charge < -0.3 is 10.1 Å². The van der Waals surface area contributed by atoms with Crippen molar-refractivity contribution in [1.82, 2.24) is 5.32 Å². The van der Waals surface area contributed by atoms with Crippen molar-refractivity contribution in [2.24, 2.45) is 0 Å². The number of ketones is 2. The highest BCUT2D eigenvalue weighted by Crippen LogP contribution is 2.27. The molecule has 1 aliphatic carbocycles. The van der Waals surface area contributed by atoms with Crippen LogP contribution in [0.5, 0.6) is 0 Å².